The average Bonchev–Trinajstić information content (AvgIpc) is 3.53. The van der Waals surface area contributed by atoms with E-state index >= 15 is 0 Å². The normalized spacial score (nSPS) is 22.3. The van der Waals surface area contributed by atoms with E-state index < -0.39 is 0 Å². The van der Waals surface area contributed by atoms with Gasteiger partial charge in [0, 0.05) is 29.3 Å². The molecule has 1 atom stereocenters. The molecule has 0 bridgehead atoms. The van der Waals surface area contributed by atoms with Crippen molar-refractivity contribution in [3.05, 3.63) is 23.4 Å². The fraction of sp³-hybridized carbons (Fsp3) is 0.474. The summed E-state index contributed by atoms with van der Waals surface area (Å²) in [5.74, 6) is 1.80. The third kappa shape index (κ3) is 3.27. The lowest BCUT2D eigenvalue weighted by Gasteiger charge is -2.16. The van der Waals surface area contributed by atoms with Crippen molar-refractivity contribution in [3.8, 4) is 0 Å². The number of fused-ring (bicyclic) bond motifs is 1. The largest absolute Gasteiger partial charge is 0.367 e. The van der Waals surface area contributed by atoms with Crippen molar-refractivity contribution in [2.75, 3.05) is 10.6 Å². The molecule has 2 amide bonds. The standard InChI is InChI=1S/C19H22N6O2/c1-10(11-2-3-11)21-15-8-16(22-14-4-5-14)25-18(23-15)13(9-20-25)6-12-7-17(26)24-19(12)27/h6,8-11,14,22H,2-5,7H2,1H3,(H,21,23)(H,24,26,27)/b12-6+/t10-/m0/s1. The number of amides is 2. The summed E-state index contributed by atoms with van der Waals surface area (Å²) in [6, 6.07) is 2.85. The van der Waals surface area contributed by atoms with Crippen LogP contribution in [0.25, 0.3) is 11.7 Å². The summed E-state index contributed by atoms with van der Waals surface area (Å²) >= 11 is 0. The minimum atomic E-state index is -0.340. The van der Waals surface area contributed by atoms with Gasteiger partial charge in [0.1, 0.15) is 11.6 Å². The third-order valence-corrected chi connectivity index (χ3v) is 5.36. The highest BCUT2D eigenvalue weighted by molar-refractivity contribution is 6.15. The molecule has 2 aromatic rings. The molecule has 3 fully saturated rings. The molecular formula is C19H22N6O2. The van der Waals surface area contributed by atoms with Crippen LogP contribution >= 0.6 is 0 Å². The van der Waals surface area contributed by atoms with Gasteiger partial charge in [0.15, 0.2) is 5.65 Å². The topological polar surface area (TPSA) is 100 Å². The van der Waals surface area contributed by atoms with Gasteiger partial charge in [-0.15, -0.1) is 0 Å². The van der Waals surface area contributed by atoms with Crippen molar-refractivity contribution in [2.24, 2.45) is 5.92 Å². The Bertz CT molecular complexity index is 970. The molecule has 140 valence electrons. The number of rotatable bonds is 6. The van der Waals surface area contributed by atoms with Gasteiger partial charge >= 0.3 is 0 Å². The van der Waals surface area contributed by atoms with Crippen LogP contribution in [0.4, 0.5) is 11.6 Å². The van der Waals surface area contributed by atoms with Gasteiger partial charge in [0.05, 0.1) is 12.6 Å². The van der Waals surface area contributed by atoms with E-state index in [4.69, 9.17) is 4.98 Å². The molecule has 2 aromatic heterocycles. The lowest BCUT2D eigenvalue weighted by Crippen LogP contribution is -2.19. The molecule has 5 rings (SSSR count). The van der Waals surface area contributed by atoms with Gasteiger partial charge in [-0.2, -0.15) is 9.61 Å². The van der Waals surface area contributed by atoms with Gasteiger partial charge in [-0.25, -0.2) is 4.98 Å². The number of anilines is 2. The van der Waals surface area contributed by atoms with Crippen molar-refractivity contribution in [1.82, 2.24) is 19.9 Å². The zero-order chi connectivity index (χ0) is 18.5. The molecule has 2 saturated carbocycles. The molecule has 8 nitrogen and oxygen atoms in total. The molecule has 0 aromatic carbocycles. The Morgan fingerprint density at radius 2 is 2.11 bits per heavy atom. The summed E-state index contributed by atoms with van der Waals surface area (Å²) in [5, 5.41) is 13.8. The van der Waals surface area contributed by atoms with Crippen LogP contribution in [0.1, 0.15) is 44.6 Å². The predicted octanol–water partition coefficient (Wildman–Crippen LogP) is 1.94. The Kier molecular flexibility index (Phi) is 3.66. The first kappa shape index (κ1) is 16.3. The van der Waals surface area contributed by atoms with Gasteiger partial charge in [-0.05, 0) is 44.6 Å². The smallest absolute Gasteiger partial charge is 0.254 e. The molecule has 27 heavy (non-hydrogen) atoms. The number of hydrogen-bond acceptors (Lipinski definition) is 6. The molecule has 1 saturated heterocycles. The number of nitrogens with one attached hydrogen (secondary N) is 3. The van der Waals surface area contributed by atoms with Crippen molar-refractivity contribution in [1.29, 1.82) is 0 Å². The van der Waals surface area contributed by atoms with E-state index in [0.29, 0.717) is 29.2 Å². The molecule has 3 N–H and O–H groups in total. The highest BCUT2D eigenvalue weighted by atomic mass is 16.2. The SMILES string of the molecule is C[C@H](Nc1cc(NC2CC2)n2ncc(/C=C3\CC(=O)NC3=O)c2n1)C1CC1. The highest BCUT2D eigenvalue weighted by Crippen LogP contribution is 2.34. The molecule has 0 unspecified atom stereocenters. The fourth-order valence-corrected chi connectivity index (χ4v) is 3.45. The lowest BCUT2D eigenvalue weighted by molar-refractivity contribution is -0.124. The monoisotopic (exact) mass is 366 g/mol. The first-order valence-electron chi connectivity index (χ1n) is 9.53. The van der Waals surface area contributed by atoms with Crippen molar-refractivity contribution < 1.29 is 9.59 Å². The van der Waals surface area contributed by atoms with E-state index in [1.807, 2.05) is 6.07 Å². The quantitative estimate of drug-likeness (QED) is 0.534. The summed E-state index contributed by atoms with van der Waals surface area (Å²) in [5.41, 5.74) is 1.85. The second-order valence-electron chi connectivity index (χ2n) is 7.77. The van der Waals surface area contributed by atoms with Crippen LogP contribution in [0.15, 0.2) is 17.8 Å². The zero-order valence-corrected chi connectivity index (χ0v) is 15.2. The van der Waals surface area contributed by atoms with Crippen LogP contribution in [0.3, 0.4) is 0 Å². The van der Waals surface area contributed by atoms with Gasteiger partial charge in [-0.1, -0.05) is 0 Å². The molecule has 2 aliphatic carbocycles. The summed E-state index contributed by atoms with van der Waals surface area (Å²) in [6.07, 6.45) is 8.34. The minimum absolute atomic E-state index is 0.0972. The van der Waals surface area contributed by atoms with Crippen LogP contribution < -0.4 is 16.0 Å². The number of nitrogens with zero attached hydrogens (tertiary/aromatic N) is 3. The van der Waals surface area contributed by atoms with E-state index in [-0.39, 0.29) is 18.2 Å². The molecule has 1 aliphatic heterocycles. The Labute approximate surface area is 156 Å². The van der Waals surface area contributed by atoms with Gasteiger partial charge in [-0.3, -0.25) is 14.9 Å². The van der Waals surface area contributed by atoms with Crippen LogP contribution in [-0.2, 0) is 9.59 Å². The average molecular weight is 366 g/mol. The third-order valence-electron chi connectivity index (χ3n) is 5.36. The van der Waals surface area contributed by atoms with Crippen LogP contribution in [0, 0.1) is 5.92 Å². The van der Waals surface area contributed by atoms with Gasteiger partial charge < -0.3 is 10.6 Å². The molecule has 0 spiro atoms. The number of carbonyl (C=O) groups is 2. The minimum Gasteiger partial charge on any atom is -0.367 e. The first-order chi connectivity index (χ1) is 13.1. The molecular weight excluding hydrogens is 344 g/mol. The first-order valence-corrected chi connectivity index (χ1v) is 9.53. The van der Waals surface area contributed by atoms with Crippen molar-refractivity contribution >= 4 is 35.2 Å². The Hall–Kier alpha value is -2.90. The Morgan fingerprint density at radius 3 is 2.78 bits per heavy atom. The number of hydrogen-bond donors (Lipinski definition) is 3. The van der Waals surface area contributed by atoms with E-state index in [1.165, 1.54) is 12.8 Å². The maximum atomic E-state index is 11.9. The fourth-order valence-electron chi connectivity index (χ4n) is 3.45. The molecule has 8 heteroatoms. The molecule has 0 radical (unpaired) electrons. The van der Waals surface area contributed by atoms with E-state index in [9.17, 15) is 9.59 Å². The van der Waals surface area contributed by atoms with Gasteiger partial charge in [0.2, 0.25) is 5.91 Å². The maximum Gasteiger partial charge on any atom is 0.254 e. The second-order valence-corrected chi connectivity index (χ2v) is 7.77. The van der Waals surface area contributed by atoms with Crippen LogP contribution in [0.2, 0.25) is 0 Å². The molecule has 3 aliphatic rings. The van der Waals surface area contributed by atoms with Crippen LogP contribution in [-0.4, -0.2) is 38.5 Å². The number of aromatic nitrogens is 3. The van der Waals surface area contributed by atoms with Crippen molar-refractivity contribution in [3.63, 3.8) is 0 Å². The summed E-state index contributed by atoms with van der Waals surface area (Å²) in [4.78, 5) is 28.1. The Balaban J connectivity index is 1.54. The van der Waals surface area contributed by atoms with Gasteiger partial charge in [0.25, 0.3) is 5.91 Å². The highest BCUT2D eigenvalue weighted by Gasteiger charge is 2.29. The summed E-state index contributed by atoms with van der Waals surface area (Å²) in [6.45, 7) is 2.19. The Morgan fingerprint density at radius 1 is 1.30 bits per heavy atom. The number of carbonyl (C=O) groups excluding carboxylic acids is 2. The van der Waals surface area contributed by atoms with E-state index in [0.717, 1.165) is 30.0 Å². The summed E-state index contributed by atoms with van der Waals surface area (Å²) in [7, 11) is 0. The predicted molar refractivity (Wildman–Crippen MR) is 101 cm³/mol. The number of imide groups is 1. The van der Waals surface area contributed by atoms with E-state index in [1.54, 1.807) is 16.8 Å². The maximum absolute atomic E-state index is 11.9. The molecule has 3 heterocycles. The second kappa shape index (κ2) is 6.07. The zero-order valence-electron chi connectivity index (χ0n) is 15.2. The lowest BCUT2D eigenvalue weighted by atomic mass is 10.1. The van der Waals surface area contributed by atoms with Crippen molar-refractivity contribution in [2.45, 2.75) is 51.1 Å². The summed E-state index contributed by atoms with van der Waals surface area (Å²) < 4.78 is 1.77. The van der Waals surface area contributed by atoms with E-state index in [2.05, 4.69) is 28.0 Å². The van der Waals surface area contributed by atoms with Crippen LogP contribution in [0.5, 0.6) is 0 Å².